The lowest BCUT2D eigenvalue weighted by atomic mass is 9.97. The molecule has 0 aliphatic rings. The molecule has 5 nitrogen and oxygen atoms in total. The van der Waals surface area contributed by atoms with Crippen molar-refractivity contribution in [1.29, 1.82) is 0 Å². The quantitative estimate of drug-likeness (QED) is 0.751. The Kier molecular flexibility index (Phi) is 5.44. The topological polar surface area (TPSA) is 83.5 Å². The molecule has 0 heterocycles. The van der Waals surface area contributed by atoms with Crippen LogP contribution in [-0.4, -0.2) is 31.5 Å². The molecule has 0 saturated heterocycles. The summed E-state index contributed by atoms with van der Waals surface area (Å²) in [6.45, 7) is 4.95. The molecular formula is C14H21NO4S. The lowest BCUT2D eigenvalue weighted by Crippen LogP contribution is -2.46. The van der Waals surface area contributed by atoms with Gasteiger partial charge in [0.25, 0.3) is 0 Å². The second-order valence-corrected chi connectivity index (χ2v) is 6.76. The van der Waals surface area contributed by atoms with E-state index in [1.807, 2.05) is 6.92 Å². The molecule has 1 atom stereocenters. The molecule has 0 amide bonds. The van der Waals surface area contributed by atoms with Crippen LogP contribution in [0, 0.1) is 0 Å². The Balaban J connectivity index is 3.01. The Hall–Kier alpha value is -1.24. The van der Waals surface area contributed by atoms with Crippen LogP contribution in [0.2, 0.25) is 0 Å². The first kappa shape index (κ1) is 16.8. The molecule has 1 aromatic carbocycles. The van der Waals surface area contributed by atoms with Crippen molar-refractivity contribution in [3.63, 3.8) is 0 Å². The third-order valence-electron chi connectivity index (χ3n) is 3.40. The van der Waals surface area contributed by atoms with Crippen LogP contribution in [0.25, 0.3) is 0 Å². The first-order valence-corrected chi connectivity index (χ1v) is 7.98. The van der Waals surface area contributed by atoms with Crippen LogP contribution in [0.4, 0.5) is 0 Å². The van der Waals surface area contributed by atoms with Crippen molar-refractivity contribution in [1.82, 2.24) is 4.72 Å². The Labute approximate surface area is 120 Å². The summed E-state index contributed by atoms with van der Waals surface area (Å²) in [5.41, 5.74) is -0.218. The summed E-state index contributed by atoms with van der Waals surface area (Å²) in [4.78, 5) is 11.3. The van der Waals surface area contributed by atoms with E-state index in [1.54, 1.807) is 6.92 Å². The number of rotatable bonds is 7. The maximum atomic E-state index is 12.3. The predicted molar refractivity (Wildman–Crippen MR) is 77.2 cm³/mol. The van der Waals surface area contributed by atoms with Crippen molar-refractivity contribution in [2.45, 2.75) is 44.0 Å². The molecule has 0 bridgehead atoms. The predicted octanol–water partition coefficient (Wildman–Crippen LogP) is 1.72. The van der Waals surface area contributed by atoms with Crippen molar-refractivity contribution >= 4 is 15.8 Å². The number of sulfonamides is 1. The van der Waals surface area contributed by atoms with Crippen LogP contribution in [-0.2, 0) is 10.0 Å². The zero-order valence-electron chi connectivity index (χ0n) is 12.0. The van der Waals surface area contributed by atoms with Crippen LogP contribution in [0.3, 0.4) is 0 Å². The number of ketones is 1. The largest absolute Gasteiger partial charge is 0.396 e. The van der Waals surface area contributed by atoms with Crippen molar-refractivity contribution in [2.75, 3.05) is 6.61 Å². The van der Waals surface area contributed by atoms with Crippen LogP contribution >= 0.6 is 0 Å². The summed E-state index contributed by atoms with van der Waals surface area (Å²) in [6, 6.07) is 5.81. The first-order valence-electron chi connectivity index (χ1n) is 6.50. The number of carbonyl (C=O) groups excluding carboxylic acids is 1. The normalized spacial score (nSPS) is 14.8. The van der Waals surface area contributed by atoms with E-state index in [2.05, 4.69) is 4.72 Å². The molecular weight excluding hydrogens is 278 g/mol. The van der Waals surface area contributed by atoms with E-state index in [9.17, 15) is 13.2 Å². The highest BCUT2D eigenvalue weighted by Crippen LogP contribution is 2.19. The van der Waals surface area contributed by atoms with Gasteiger partial charge in [-0.05, 0) is 38.8 Å². The van der Waals surface area contributed by atoms with Gasteiger partial charge < -0.3 is 5.11 Å². The monoisotopic (exact) mass is 299 g/mol. The minimum absolute atomic E-state index is 0.0872. The molecule has 112 valence electrons. The molecule has 6 heteroatoms. The number of aliphatic hydroxyl groups is 1. The minimum Gasteiger partial charge on any atom is -0.396 e. The van der Waals surface area contributed by atoms with Crippen LogP contribution < -0.4 is 4.72 Å². The summed E-state index contributed by atoms with van der Waals surface area (Å²) in [7, 11) is -3.67. The van der Waals surface area contributed by atoms with Crippen molar-refractivity contribution in [2.24, 2.45) is 0 Å². The smallest absolute Gasteiger partial charge is 0.241 e. The highest BCUT2D eigenvalue weighted by Gasteiger charge is 2.28. The molecule has 0 fully saturated rings. The molecule has 20 heavy (non-hydrogen) atoms. The van der Waals surface area contributed by atoms with E-state index in [0.29, 0.717) is 18.4 Å². The van der Waals surface area contributed by atoms with Gasteiger partial charge in [-0.25, -0.2) is 13.1 Å². The molecule has 0 aliphatic carbocycles. The molecule has 1 aromatic rings. The van der Waals surface area contributed by atoms with Gasteiger partial charge in [0.05, 0.1) is 4.90 Å². The summed E-state index contributed by atoms with van der Waals surface area (Å²) in [5.74, 6) is -0.111. The number of aliphatic hydroxyl groups excluding tert-OH is 1. The van der Waals surface area contributed by atoms with E-state index in [4.69, 9.17) is 5.11 Å². The fourth-order valence-electron chi connectivity index (χ4n) is 1.80. The molecule has 0 radical (unpaired) electrons. The van der Waals surface area contributed by atoms with Crippen LogP contribution in [0.15, 0.2) is 29.2 Å². The molecule has 0 aromatic heterocycles. The zero-order valence-corrected chi connectivity index (χ0v) is 12.8. The number of hydrogen-bond acceptors (Lipinski definition) is 4. The Morgan fingerprint density at radius 3 is 2.25 bits per heavy atom. The molecule has 0 saturated carbocycles. The maximum Gasteiger partial charge on any atom is 0.241 e. The highest BCUT2D eigenvalue weighted by molar-refractivity contribution is 7.89. The Bertz CT molecular complexity index is 565. The fraction of sp³-hybridized carbons (Fsp3) is 0.500. The maximum absolute atomic E-state index is 12.3. The van der Waals surface area contributed by atoms with E-state index < -0.39 is 15.6 Å². The summed E-state index contributed by atoms with van der Waals surface area (Å²) < 4.78 is 27.2. The highest BCUT2D eigenvalue weighted by atomic mass is 32.2. The second-order valence-electron chi connectivity index (χ2n) is 5.07. The molecule has 2 N–H and O–H groups in total. The van der Waals surface area contributed by atoms with Gasteiger partial charge in [-0.3, -0.25) is 4.79 Å². The average molecular weight is 299 g/mol. The lowest BCUT2D eigenvalue weighted by Gasteiger charge is -2.28. The van der Waals surface area contributed by atoms with Crippen molar-refractivity contribution in [3.8, 4) is 0 Å². The zero-order chi connectivity index (χ0) is 15.4. The number of carbonyl (C=O) groups is 1. The fourth-order valence-corrected chi connectivity index (χ4v) is 3.31. The number of benzene rings is 1. The minimum atomic E-state index is -3.67. The summed E-state index contributed by atoms with van der Waals surface area (Å²) in [6.07, 6.45) is 0.909. The van der Waals surface area contributed by atoms with Gasteiger partial charge in [-0.1, -0.05) is 19.1 Å². The summed E-state index contributed by atoms with van der Waals surface area (Å²) in [5, 5.41) is 9.03. The first-order chi connectivity index (χ1) is 9.24. The SMILES string of the molecule is CCC(C)(CCO)NS(=O)(=O)c1ccc(C(C)=O)cc1. The van der Waals surface area contributed by atoms with E-state index >= 15 is 0 Å². The van der Waals surface area contributed by atoms with Crippen LogP contribution in [0.5, 0.6) is 0 Å². The number of Topliss-reactive ketones (excluding diaryl/α,β-unsaturated/α-hetero) is 1. The van der Waals surface area contributed by atoms with Gasteiger partial charge >= 0.3 is 0 Å². The van der Waals surface area contributed by atoms with Gasteiger partial charge in [0.15, 0.2) is 5.78 Å². The van der Waals surface area contributed by atoms with Crippen molar-refractivity contribution in [3.05, 3.63) is 29.8 Å². The van der Waals surface area contributed by atoms with Gasteiger partial charge in [-0.15, -0.1) is 0 Å². The molecule has 0 aliphatic heterocycles. The molecule has 1 unspecified atom stereocenters. The van der Waals surface area contributed by atoms with E-state index in [-0.39, 0.29) is 17.3 Å². The molecule has 1 rings (SSSR count). The average Bonchev–Trinajstić information content (AvgIpc) is 2.38. The van der Waals surface area contributed by atoms with Crippen LogP contribution in [0.1, 0.15) is 44.0 Å². The lowest BCUT2D eigenvalue weighted by molar-refractivity contribution is 0.101. The Morgan fingerprint density at radius 2 is 1.85 bits per heavy atom. The van der Waals surface area contributed by atoms with Crippen molar-refractivity contribution < 1.29 is 18.3 Å². The third kappa shape index (κ3) is 4.13. The van der Waals surface area contributed by atoms with E-state index in [0.717, 1.165) is 0 Å². The van der Waals surface area contributed by atoms with Gasteiger partial charge in [-0.2, -0.15) is 0 Å². The van der Waals surface area contributed by atoms with E-state index in [1.165, 1.54) is 31.2 Å². The van der Waals surface area contributed by atoms with Gasteiger partial charge in [0, 0.05) is 17.7 Å². The number of hydrogen-bond donors (Lipinski definition) is 2. The standard InChI is InChI=1S/C14H21NO4S/c1-4-14(3,9-10-16)15-20(18,19)13-7-5-12(6-8-13)11(2)17/h5-8,15-16H,4,9-10H2,1-3H3. The Morgan fingerprint density at radius 1 is 1.30 bits per heavy atom. The second kappa shape index (κ2) is 6.47. The number of nitrogens with one attached hydrogen (secondary N) is 1. The molecule has 0 spiro atoms. The van der Waals surface area contributed by atoms with Gasteiger partial charge in [0.2, 0.25) is 10.0 Å². The third-order valence-corrected chi connectivity index (χ3v) is 5.05. The summed E-state index contributed by atoms with van der Waals surface area (Å²) >= 11 is 0. The van der Waals surface area contributed by atoms with Gasteiger partial charge in [0.1, 0.15) is 0 Å².